The molecule has 3 rings (SSSR count). The number of hydrogen-bond acceptors (Lipinski definition) is 6. The molecule has 0 aromatic heterocycles. The molecule has 0 aromatic rings. The van der Waals surface area contributed by atoms with Gasteiger partial charge in [0.25, 0.3) is 0 Å². The first-order valence-electron chi connectivity index (χ1n) is 8.36. The van der Waals surface area contributed by atoms with E-state index in [1.54, 1.807) is 33.8 Å². The molecule has 3 aliphatic heterocycles. The van der Waals surface area contributed by atoms with Crippen molar-refractivity contribution in [3.05, 3.63) is 35.6 Å². The summed E-state index contributed by atoms with van der Waals surface area (Å²) < 4.78 is 16.9. The smallest absolute Gasteiger partial charge is 0.334 e. The SMILES string of the molecule is C=C1C(=O)O[C@@H]2/C=C(/C)C3=CC(=O)[C@@](C)(C[C@@H](OC(=O)C(C)C)[C@@H]12)O3. The molecule has 0 radical (unpaired) electrons. The second-order valence-corrected chi connectivity index (χ2v) is 7.31. The van der Waals surface area contributed by atoms with Gasteiger partial charge in [0.1, 0.15) is 18.0 Å². The van der Waals surface area contributed by atoms with Crippen molar-refractivity contribution < 1.29 is 28.6 Å². The van der Waals surface area contributed by atoms with Gasteiger partial charge in [-0.15, -0.1) is 0 Å². The van der Waals surface area contributed by atoms with Crippen LogP contribution in [0.1, 0.15) is 34.1 Å². The highest BCUT2D eigenvalue weighted by Gasteiger charge is 2.51. The summed E-state index contributed by atoms with van der Waals surface area (Å²) in [5.41, 5.74) is -0.198. The lowest BCUT2D eigenvalue weighted by molar-refractivity contribution is -0.161. The standard InChI is InChI=1S/C19H22O6/c1-9(2)17(21)24-14-8-19(5)15(20)7-12(25-19)10(3)6-13-16(14)11(4)18(22)23-13/h6-7,9,13-14,16H,4,8H2,1-3,5H3/b10-6-/t13-,14-,16+,19-/m1/s1. The molecule has 0 N–H and O–H groups in total. The zero-order valence-electron chi connectivity index (χ0n) is 14.8. The molecule has 4 atom stereocenters. The molecule has 0 aliphatic carbocycles. The second kappa shape index (κ2) is 5.86. The minimum Gasteiger partial charge on any atom is -0.479 e. The fourth-order valence-corrected chi connectivity index (χ4v) is 3.35. The van der Waals surface area contributed by atoms with Crippen molar-refractivity contribution in [1.82, 2.24) is 0 Å². The van der Waals surface area contributed by atoms with E-state index in [0.29, 0.717) is 11.3 Å². The van der Waals surface area contributed by atoms with E-state index in [9.17, 15) is 14.4 Å². The first-order valence-corrected chi connectivity index (χ1v) is 8.36. The van der Waals surface area contributed by atoms with Gasteiger partial charge >= 0.3 is 11.9 Å². The van der Waals surface area contributed by atoms with Gasteiger partial charge in [0.15, 0.2) is 5.60 Å². The maximum Gasteiger partial charge on any atom is 0.334 e. The zero-order valence-corrected chi connectivity index (χ0v) is 14.8. The average Bonchev–Trinajstić information content (AvgIpc) is 2.96. The van der Waals surface area contributed by atoms with Crippen LogP contribution >= 0.6 is 0 Å². The van der Waals surface area contributed by atoms with Crippen LogP contribution in [-0.2, 0) is 28.6 Å². The summed E-state index contributed by atoms with van der Waals surface area (Å²) in [5, 5.41) is 0. The monoisotopic (exact) mass is 346 g/mol. The van der Waals surface area contributed by atoms with Crippen LogP contribution in [0.25, 0.3) is 0 Å². The van der Waals surface area contributed by atoms with Crippen molar-refractivity contribution in [2.45, 2.75) is 51.9 Å². The van der Waals surface area contributed by atoms with Gasteiger partial charge < -0.3 is 14.2 Å². The molecule has 0 unspecified atom stereocenters. The molecule has 6 nitrogen and oxygen atoms in total. The topological polar surface area (TPSA) is 78.9 Å². The first-order chi connectivity index (χ1) is 11.6. The van der Waals surface area contributed by atoms with E-state index < -0.39 is 35.7 Å². The lowest BCUT2D eigenvalue weighted by Crippen LogP contribution is -2.43. The summed E-state index contributed by atoms with van der Waals surface area (Å²) in [7, 11) is 0. The molecule has 3 aliphatic rings. The summed E-state index contributed by atoms with van der Waals surface area (Å²) >= 11 is 0. The van der Waals surface area contributed by atoms with Gasteiger partial charge in [0.05, 0.1) is 11.8 Å². The fraction of sp³-hybridized carbons (Fsp3) is 0.526. The Balaban J connectivity index is 2.05. The molecule has 0 spiro atoms. The largest absolute Gasteiger partial charge is 0.479 e. The molecule has 2 bridgehead atoms. The van der Waals surface area contributed by atoms with Crippen molar-refractivity contribution in [3.63, 3.8) is 0 Å². The van der Waals surface area contributed by atoms with Crippen molar-refractivity contribution in [3.8, 4) is 0 Å². The molecule has 25 heavy (non-hydrogen) atoms. The van der Waals surface area contributed by atoms with Gasteiger partial charge in [-0.1, -0.05) is 20.4 Å². The number of ketones is 1. The van der Waals surface area contributed by atoms with Crippen LogP contribution < -0.4 is 0 Å². The van der Waals surface area contributed by atoms with Gasteiger partial charge in [0, 0.05) is 18.1 Å². The number of allylic oxidation sites excluding steroid dienone is 1. The minimum atomic E-state index is -1.15. The van der Waals surface area contributed by atoms with Crippen molar-refractivity contribution in [1.29, 1.82) is 0 Å². The number of carbonyl (C=O) groups excluding carboxylic acids is 3. The predicted molar refractivity (Wildman–Crippen MR) is 88.2 cm³/mol. The molecule has 0 amide bonds. The van der Waals surface area contributed by atoms with Gasteiger partial charge in [-0.25, -0.2) is 4.79 Å². The summed E-state index contributed by atoms with van der Waals surface area (Å²) in [4.78, 5) is 36.7. The Hall–Kier alpha value is -2.37. The van der Waals surface area contributed by atoms with Crippen LogP contribution in [0.2, 0.25) is 0 Å². The highest BCUT2D eigenvalue weighted by atomic mass is 16.6. The van der Waals surface area contributed by atoms with Crippen LogP contribution in [0.3, 0.4) is 0 Å². The van der Waals surface area contributed by atoms with Crippen LogP contribution in [-0.4, -0.2) is 35.5 Å². The summed E-state index contributed by atoms with van der Waals surface area (Å²) in [5.74, 6) is -1.53. The Morgan fingerprint density at radius 2 is 2.08 bits per heavy atom. The van der Waals surface area contributed by atoms with Gasteiger partial charge in [-0.2, -0.15) is 0 Å². The Bertz CT molecular complexity index is 728. The number of rotatable bonds is 2. The summed E-state index contributed by atoms with van der Waals surface area (Å²) in [6.07, 6.45) is 1.95. The molecule has 1 fully saturated rings. The number of hydrogen-bond donors (Lipinski definition) is 0. The third kappa shape index (κ3) is 2.90. The highest BCUT2D eigenvalue weighted by molar-refractivity contribution is 6.00. The van der Waals surface area contributed by atoms with E-state index >= 15 is 0 Å². The van der Waals surface area contributed by atoms with Crippen LogP contribution in [0.5, 0.6) is 0 Å². The number of esters is 2. The van der Waals surface area contributed by atoms with Gasteiger partial charge in [-0.3, -0.25) is 9.59 Å². The summed E-state index contributed by atoms with van der Waals surface area (Å²) in [6, 6.07) is 0. The first kappa shape index (κ1) is 17.5. The normalized spacial score (nSPS) is 36.4. The maximum atomic E-state index is 12.5. The van der Waals surface area contributed by atoms with E-state index in [1.165, 1.54) is 6.08 Å². The Morgan fingerprint density at radius 3 is 2.72 bits per heavy atom. The molecule has 6 heteroatoms. The number of carbonyl (C=O) groups is 3. The molecule has 3 heterocycles. The van der Waals surface area contributed by atoms with Gasteiger partial charge in [0.2, 0.25) is 5.78 Å². The molecule has 0 aromatic carbocycles. The Morgan fingerprint density at radius 1 is 1.40 bits per heavy atom. The molecule has 1 saturated heterocycles. The molecular formula is C19H22O6. The minimum absolute atomic E-state index is 0.127. The number of fused-ring (bicyclic) bond motifs is 3. The molecule has 134 valence electrons. The Labute approximate surface area is 146 Å². The molecule has 0 saturated carbocycles. The van der Waals surface area contributed by atoms with E-state index in [1.807, 2.05) is 0 Å². The highest BCUT2D eigenvalue weighted by Crippen LogP contribution is 2.42. The van der Waals surface area contributed by atoms with Gasteiger partial charge in [-0.05, 0) is 25.5 Å². The third-order valence-electron chi connectivity index (χ3n) is 4.91. The Kier molecular flexibility index (Phi) is 4.09. The van der Waals surface area contributed by atoms with Crippen LogP contribution in [0.15, 0.2) is 35.6 Å². The van der Waals surface area contributed by atoms with E-state index in [4.69, 9.17) is 14.2 Å². The van der Waals surface area contributed by atoms with Crippen molar-refractivity contribution in [2.24, 2.45) is 11.8 Å². The molecular weight excluding hydrogens is 324 g/mol. The van der Waals surface area contributed by atoms with Crippen LogP contribution in [0.4, 0.5) is 0 Å². The number of ether oxygens (including phenoxy) is 3. The average molecular weight is 346 g/mol. The lowest BCUT2D eigenvalue weighted by atomic mass is 9.82. The van der Waals surface area contributed by atoms with E-state index in [0.717, 1.165) is 0 Å². The summed E-state index contributed by atoms with van der Waals surface area (Å²) in [6.45, 7) is 10.7. The fourth-order valence-electron chi connectivity index (χ4n) is 3.35. The second-order valence-electron chi connectivity index (χ2n) is 7.31. The van der Waals surface area contributed by atoms with E-state index in [-0.39, 0.29) is 23.7 Å². The van der Waals surface area contributed by atoms with E-state index in [2.05, 4.69) is 6.58 Å². The maximum absolute atomic E-state index is 12.5. The van der Waals surface area contributed by atoms with Crippen molar-refractivity contribution in [2.75, 3.05) is 0 Å². The lowest BCUT2D eigenvalue weighted by Gasteiger charge is -2.31. The third-order valence-corrected chi connectivity index (χ3v) is 4.91. The predicted octanol–water partition coefficient (Wildman–Crippen LogP) is 2.24. The zero-order chi connectivity index (χ0) is 18.5. The quantitative estimate of drug-likeness (QED) is 0.564. The van der Waals surface area contributed by atoms with Crippen molar-refractivity contribution >= 4 is 17.7 Å². The van der Waals surface area contributed by atoms with Crippen LogP contribution in [0, 0.1) is 11.8 Å².